The van der Waals surface area contributed by atoms with Crippen molar-refractivity contribution in [3.63, 3.8) is 0 Å². The number of hydrogen-bond acceptors (Lipinski definition) is 4. The Hall–Kier alpha value is -3.62. The molecule has 1 atom stereocenters. The second-order valence-electron chi connectivity index (χ2n) is 7.69. The Labute approximate surface area is 204 Å². The zero-order valence-corrected chi connectivity index (χ0v) is 19.4. The van der Waals surface area contributed by atoms with E-state index in [1.165, 1.54) is 12.1 Å². The molecule has 0 saturated heterocycles. The van der Waals surface area contributed by atoms with Gasteiger partial charge in [0.15, 0.2) is 5.11 Å². The van der Waals surface area contributed by atoms with E-state index in [1.54, 1.807) is 24.0 Å². The van der Waals surface area contributed by atoms with Crippen molar-refractivity contribution in [2.45, 2.75) is 13.0 Å². The first-order valence-corrected chi connectivity index (χ1v) is 11.1. The van der Waals surface area contributed by atoms with Gasteiger partial charge >= 0.3 is 0 Å². The number of thiocarbonyl (C=S) groups is 1. The van der Waals surface area contributed by atoms with Crippen molar-refractivity contribution < 1.29 is 13.3 Å². The molecule has 3 aromatic carbocycles. The van der Waals surface area contributed by atoms with Gasteiger partial charge in [0.2, 0.25) is 5.82 Å². The molecule has 1 N–H and O–H groups in total. The van der Waals surface area contributed by atoms with Gasteiger partial charge in [-0.1, -0.05) is 59.2 Å². The van der Waals surface area contributed by atoms with E-state index in [9.17, 15) is 8.78 Å². The molecular weight excluding hydrogens is 478 g/mol. The van der Waals surface area contributed by atoms with Crippen LogP contribution in [0, 0.1) is 11.6 Å². The summed E-state index contributed by atoms with van der Waals surface area (Å²) in [4.78, 5) is 6.17. The normalized spacial score (nSPS) is 16.1. The predicted octanol–water partition coefficient (Wildman–Crippen LogP) is 6.54. The van der Waals surface area contributed by atoms with Gasteiger partial charge in [-0.3, -0.25) is 4.90 Å². The molecule has 34 heavy (non-hydrogen) atoms. The summed E-state index contributed by atoms with van der Waals surface area (Å²) in [6.45, 7) is 1.79. The van der Waals surface area contributed by atoms with Crippen molar-refractivity contribution >= 4 is 40.2 Å². The number of halogens is 3. The van der Waals surface area contributed by atoms with Crippen LogP contribution in [0.15, 0.2) is 83.0 Å². The van der Waals surface area contributed by atoms with Crippen LogP contribution in [0.5, 0.6) is 0 Å². The van der Waals surface area contributed by atoms with Crippen molar-refractivity contribution in [2.24, 2.45) is 0 Å². The molecule has 1 aromatic heterocycles. The molecule has 0 spiro atoms. The highest BCUT2D eigenvalue weighted by Gasteiger charge is 2.35. The lowest BCUT2D eigenvalue weighted by atomic mass is 9.94. The fraction of sp³-hybridized carbons (Fsp3) is 0.0800. The van der Waals surface area contributed by atoms with Gasteiger partial charge in [0.05, 0.1) is 17.3 Å². The molecule has 0 radical (unpaired) electrons. The molecule has 0 fully saturated rings. The highest BCUT2D eigenvalue weighted by molar-refractivity contribution is 7.80. The molecule has 1 aliphatic rings. The molecule has 0 amide bonds. The summed E-state index contributed by atoms with van der Waals surface area (Å²) in [7, 11) is 0. The molecule has 9 heteroatoms. The standard InChI is InChI=1S/C25H17ClF2N4OS/c1-14-21(24-30-23(31-33-24)16-5-3-2-4-6-16)22(15-7-9-17(26)10-8-15)29-25(34)32(14)20-12-18(27)11-19(28)13-20/h2-13,22H,1H3,(H,29,34). The average molecular weight is 495 g/mol. The molecule has 0 saturated carbocycles. The lowest BCUT2D eigenvalue weighted by molar-refractivity contribution is 0.404. The van der Waals surface area contributed by atoms with E-state index in [0.717, 1.165) is 17.2 Å². The van der Waals surface area contributed by atoms with E-state index in [-0.39, 0.29) is 16.7 Å². The summed E-state index contributed by atoms with van der Waals surface area (Å²) in [6, 6.07) is 19.5. The fourth-order valence-corrected chi connectivity index (χ4v) is 4.43. The van der Waals surface area contributed by atoms with Crippen LogP contribution in [0.4, 0.5) is 14.5 Å². The number of benzene rings is 3. The zero-order chi connectivity index (χ0) is 23.8. The Kier molecular flexibility index (Phi) is 5.85. The van der Waals surface area contributed by atoms with E-state index in [0.29, 0.717) is 22.1 Å². The van der Waals surface area contributed by atoms with Gasteiger partial charge < -0.3 is 9.84 Å². The second kappa shape index (κ2) is 8.96. The summed E-state index contributed by atoms with van der Waals surface area (Å²) in [5.74, 6) is -0.748. The van der Waals surface area contributed by atoms with Crippen molar-refractivity contribution in [1.29, 1.82) is 0 Å². The highest BCUT2D eigenvalue weighted by Crippen LogP contribution is 2.39. The molecule has 170 valence electrons. The van der Waals surface area contributed by atoms with E-state index in [4.69, 9.17) is 28.3 Å². The highest BCUT2D eigenvalue weighted by atomic mass is 35.5. The molecule has 0 bridgehead atoms. The minimum absolute atomic E-state index is 0.238. The summed E-state index contributed by atoms with van der Waals surface area (Å²) in [6.07, 6.45) is 0. The van der Waals surface area contributed by atoms with Gasteiger partial charge in [0.25, 0.3) is 5.89 Å². The Morgan fingerprint density at radius 3 is 2.35 bits per heavy atom. The fourth-order valence-electron chi connectivity index (χ4n) is 3.94. The van der Waals surface area contributed by atoms with Crippen LogP contribution in [0.25, 0.3) is 17.0 Å². The number of hydrogen-bond donors (Lipinski definition) is 1. The van der Waals surface area contributed by atoms with Gasteiger partial charge in [-0.05, 0) is 49.0 Å². The zero-order valence-electron chi connectivity index (χ0n) is 17.8. The summed E-state index contributed by atoms with van der Waals surface area (Å²) in [5.41, 5.74) is 3.10. The quantitative estimate of drug-likeness (QED) is 0.325. The van der Waals surface area contributed by atoms with Crippen LogP contribution in [-0.2, 0) is 0 Å². The van der Waals surface area contributed by atoms with Crippen LogP contribution >= 0.6 is 23.8 Å². The molecular formula is C25H17ClF2N4OS. The van der Waals surface area contributed by atoms with Crippen LogP contribution < -0.4 is 10.2 Å². The van der Waals surface area contributed by atoms with E-state index in [2.05, 4.69) is 15.5 Å². The SMILES string of the molecule is CC1=C(c2nc(-c3ccccc3)no2)C(c2ccc(Cl)cc2)NC(=S)N1c1cc(F)cc(F)c1. The lowest BCUT2D eigenvalue weighted by Crippen LogP contribution is -2.46. The van der Waals surface area contributed by atoms with E-state index < -0.39 is 17.7 Å². The minimum atomic E-state index is -0.712. The van der Waals surface area contributed by atoms with Gasteiger partial charge in [-0.25, -0.2) is 8.78 Å². The number of aromatic nitrogens is 2. The number of nitrogens with zero attached hydrogens (tertiary/aromatic N) is 3. The molecule has 4 aromatic rings. The van der Waals surface area contributed by atoms with Gasteiger partial charge in [-0.2, -0.15) is 4.98 Å². The van der Waals surface area contributed by atoms with Crippen molar-refractivity contribution in [2.75, 3.05) is 4.90 Å². The predicted molar refractivity (Wildman–Crippen MR) is 131 cm³/mol. The second-order valence-corrected chi connectivity index (χ2v) is 8.51. The maximum atomic E-state index is 14.0. The van der Waals surface area contributed by atoms with Crippen LogP contribution in [0.1, 0.15) is 24.4 Å². The Morgan fingerprint density at radius 1 is 1.00 bits per heavy atom. The number of nitrogens with one attached hydrogen (secondary N) is 1. The first-order valence-electron chi connectivity index (χ1n) is 10.3. The third kappa shape index (κ3) is 4.18. The maximum absolute atomic E-state index is 14.0. The molecule has 5 rings (SSSR count). The summed E-state index contributed by atoms with van der Waals surface area (Å²) < 4.78 is 33.7. The molecule has 1 unspecified atom stereocenters. The topological polar surface area (TPSA) is 54.2 Å². The Balaban J connectivity index is 1.67. The van der Waals surface area contributed by atoms with E-state index in [1.807, 2.05) is 42.5 Å². The van der Waals surface area contributed by atoms with Gasteiger partial charge in [0.1, 0.15) is 11.6 Å². The summed E-state index contributed by atoms with van der Waals surface area (Å²) in [5, 5.41) is 8.25. The molecule has 2 heterocycles. The molecule has 0 aliphatic carbocycles. The number of anilines is 1. The lowest BCUT2D eigenvalue weighted by Gasteiger charge is -2.37. The minimum Gasteiger partial charge on any atom is -0.351 e. The van der Waals surface area contributed by atoms with Crippen LogP contribution in [-0.4, -0.2) is 15.3 Å². The molecule has 1 aliphatic heterocycles. The van der Waals surface area contributed by atoms with Crippen molar-refractivity contribution in [3.05, 3.63) is 107 Å². The third-order valence-electron chi connectivity index (χ3n) is 5.48. The summed E-state index contributed by atoms with van der Waals surface area (Å²) >= 11 is 11.7. The van der Waals surface area contributed by atoms with Gasteiger partial charge in [0, 0.05) is 22.3 Å². The van der Waals surface area contributed by atoms with Crippen molar-refractivity contribution in [1.82, 2.24) is 15.5 Å². The first-order chi connectivity index (χ1) is 16.4. The largest absolute Gasteiger partial charge is 0.351 e. The van der Waals surface area contributed by atoms with Crippen LogP contribution in [0.3, 0.4) is 0 Å². The monoisotopic (exact) mass is 494 g/mol. The smallest absolute Gasteiger partial charge is 0.258 e. The average Bonchev–Trinajstić information content (AvgIpc) is 3.29. The Bertz CT molecular complexity index is 1390. The number of rotatable bonds is 4. The van der Waals surface area contributed by atoms with E-state index >= 15 is 0 Å². The third-order valence-corrected chi connectivity index (χ3v) is 6.03. The van der Waals surface area contributed by atoms with Gasteiger partial charge in [-0.15, -0.1) is 0 Å². The number of allylic oxidation sites excluding steroid dienone is 1. The van der Waals surface area contributed by atoms with Crippen molar-refractivity contribution in [3.8, 4) is 11.4 Å². The Morgan fingerprint density at radius 2 is 1.68 bits per heavy atom. The first kappa shape index (κ1) is 22.2. The molecule has 5 nitrogen and oxygen atoms in total. The maximum Gasteiger partial charge on any atom is 0.258 e. The van der Waals surface area contributed by atoms with Crippen LogP contribution in [0.2, 0.25) is 5.02 Å².